The van der Waals surface area contributed by atoms with Gasteiger partial charge in [0.2, 0.25) is 5.13 Å². The van der Waals surface area contributed by atoms with Crippen molar-refractivity contribution in [2.75, 3.05) is 5.32 Å². The molecule has 7 heteroatoms. The van der Waals surface area contributed by atoms with E-state index in [1.165, 1.54) is 28.7 Å². The zero-order valence-corrected chi connectivity index (χ0v) is 14.3. The second kappa shape index (κ2) is 6.26. The maximum absolute atomic E-state index is 11.7. The van der Waals surface area contributed by atoms with Crippen molar-refractivity contribution in [2.45, 2.75) is 42.9 Å². The number of thioether (sulfide) groups is 1. The van der Waals surface area contributed by atoms with E-state index in [-0.39, 0.29) is 17.3 Å². The Morgan fingerprint density at radius 1 is 1.36 bits per heavy atom. The quantitative estimate of drug-likeness (QED) is 0.860. The second-order valence-corrected chi connectivity index (χ2v) is 7.83. The first-order valence-corrected chi connectivity index (χ1v) is 8.76. The fourth-order valence-electron chi connectivity index (χ4n) is 2.31. The molecule has 22 heavy (non-hydrogen) atoms. The molecule has 0 aliphatic carbocycles. The van der Waals surface area contributed by atoms with E-state index in [1.807, 2.05) is 13.0 Å². The minimum absolute atomic E-state index is 0.00859. The van der Waals surface area contributed by atoms with E-state index in [4.69, 9.17) is 4.74 Å². The van der Waals surface area contributed by atoms with Crippen LogP contribution in [0.4, 0.5) is 10.8 Å². The number of ether oxygens (including phenoxy) is 1. The van der Waals surface area contributed by atoms with Gasteiger partial charge in [-0.05, 0) is 32.4 Å². The Morgan fingerprint density at radius 2 is 2.18 bits per heavy atom. The van der Waals surface area contributed by atoms with Crippen molar-refractivity contribution in [2.24, 2.45) is 0 Å². The van der Waals surface area contributed by atoms with Crippen LogP contribution in [-0.2, 0) is 9.53 Å². The van der Waals surface area contributed by atoms with Gasteiger partial charge in [0.25, 0.3) is 0 Å². The smallest absolute Gasteiger partial charge is 0.319 e. The largest absolute Gasteiger partial charge is 0.462 e. The van der Waals surface area contributed by atoms with E-state index in [1.54, 1.807) is 0 Å². The van der Waals surface area contributed by atoms with E-state index >= 15 is 0 Å². The lowest BCUT2D eigenvalue weighted by Gasteiger charge is -2.06. The van der Waals surface area contributed by atoms with Crippen molar-refractivity contribution in [3.63, 3.8) is 0 Å². The molecule has 0 amide bonds. The van der Waals surface area contributed by atoms with Gasteiger partial charge in [0, 0.05) is 12.1 Å². The summed E-state index contributed by atoms with van der Waals surface area (Å²) in [4.78, 5) is 11.7. The van der Waals surface area contributed by atoms with E-state index in [0.717, 1.165) is 27.1 Å². The molecule has 116 valence electrons. The lowest BCUT2D eigenvalue weighted by molar-refractivity contribution is -0.140. The molecule has 0 bridgehead atoms. The fraction of sp³-hybridized carbons (Fsp3) is 0.400. The number of rotatable bonds is 4. The molecule has 1 fully saturated rings. The fourth-order valence-corrected chi connectivity index (χ4v) is 4.43. The first-order valence-electron chi connectivity index (χ1n) is 7.06. The number of aryl methyl sites for hydroxylation is 2. The monoisotopic (exact) mass is 335 g/mol. The molecule has 0 saturated carbocycles. The molecular weight excluding hydrogens is 318 g/mol. The van der Waals surface area contributed by atoms with Crippen molar-refractivity contribution in [3.05, 3.63) is 29.3 Å². The summed E-state index contributed by atoms with van der Waals surface area (Å²) < 4.78 is 5.94. The van der Waals surface area contributed by atoms with Crippen molar-refractivity contribution < 1.29 is 9.53 Å². The molecule has 2 heterocycles. The van der Waals surface area contributed by atoms with Gasteiger partial charge in [0.05, 0.1) is 0 Å². The molecule has 1 aliphatic heterocycles. The summed E-state index contributed by atoms with van der Waals surface area (Å²) in [7, 11) is 0. The van der Waals surface area contributed by atoms with Gasteiger partial charge in [0.1, 0.15) is 11.4 Å². The number of anilines is 2. The SMILES string of the molecule is Cc1ccc(Nc2nnc(S[C@@H]3C[C@H](C)OC3=O)s2)c(C)c1. The number of carbonyl (C=O) groups excluding carboxylic acids is 1. The molecule has 5 nitrogen and oxygen atoms in total. The average molecular weight is 335 g/mol. The summed E-state index contributed by atoms with van der Waals surface area (Å²) in [6, 6.07) is 6.21. The summed E-state index contributed by atoms with van der Waals surface area (Å²) >= 11 is 2.88. The maximum Gasteiger partial charge on any atom is 0.319 e. The van der Waals surface area contributed by atoms with Gasteiger partial charge >= 0.3 is 5.97 Å². The van der Waals surface area contributed by atoms with Gasteiger partial charge in [0.15, 0.2) is 4.34 Å². The van der Waals surface area contributed by atoms with E-state index < -0.39 is 0 Å². The summed E-state index contributed by atoms with van der Waals surface area (Å²) in [6.07, 6.45) is 0.717. The molecule has 2 aromatic rings. The molecule has 0 unspecified atom stereocenters. The lowest BCUT2D eigenvalue weighted by atomic mass is 10.1. The number of carbonyl (C=O) groups is 1. The molecule has 1 aliphatic rings. The van der Waals surface area contributed by atoms with Gasteiger partial charge in [-0.25, -0.2) is 0 Å². The third-order valence-electron chi connectivity index (χ3n) is 3.40. The molecule has 1 aromatic carbocycles. The van der Waals surface area contributed by atoms with E-state index in [2.05, 4.69) is 41.5 Å². The van der Waals surface area contributed by atoms with Crippen LogP contribution < -0.4 is 5.32 Å². The van der Waals surface area contributed by atoms with Gasteiger partial charge in [-0.3, -0.25) is 4.79 Å². The minimum atomic E-state index is -0.170. The van der Waals surface area contributed by atoms with Crippen molar-refractivity contribution >= 4 is 39.9 Å². The van der Waals surface area contributed by atoms with Gasteiger partial charge < -0.3 is 10.1 Å². The molecular formula is C15H17N3O2S2. The zero-order valence-electron chi connectivity index (χ0n) is 12.6. The summed E-state index contributed by atoms with van der Waals surface area (Å²) in [6.45, 7) is 6.03. The Hall–Kier alpha value is -1.60. The first-order chi connectivity index (χ1) is 10.5. The van der Waals surface area contributed by atoms with Crippen LogP contribution >= 0.6 is 23.1 Å². The average Bonchev–Trinajstić information content (AvgIpc) is 3.00. The predicted octanol–water partition coefficient (Wildman–Crippen LogP) is 3.69. The molecule has 2 atom stereocenters. The first kappa shape index (κ1) is 15.3. The number of hydrogen-bond acceptors (Lipinski definition) is 7. The normalized spacial score (nSPS) is 21.0. The molecule has 1 aromatic heterocycles. The third kappa shape index (κ3) is 3.41. The van der Waals surface area contributed by atoms with Crippen LogP contribution in [0.5, 0.6) is 0 Å². The second-order valence-electron chi connectivity index (χ2n) is 5.41. The van der Waals surface area contributed by atoms with Crippen LogP contribution in [0.3, 0.4) is 0 Å². The Balaban J connectivity index is 1.67. The Morgan fingerprint density at radius 3 is 2.86 bits per heavy atom. The van der Waals surface area contributed by atoms with Crippen LogP contribution in [0.15, 0.2) is 22.5 Å². The summed E-state index contributed by atoms with van der Waals surface area (Å²) in [5.41, 5.74) is 3.41. The molecule has 1 N–H and O–H groups in total. The Kier molecular flexibility index (Phi) is 4.35. The zero-order chi connectivity index (χ0) is 15.7. The van der Waals surface area contributed by atoms with Gasteiger partial charge in [-0.2, -0.15) is 0 Å². The number of aromatic nitrogens is 2. The number of nitrogens with one attached hydrogen (secondary N) is 1. The molecule has 0 radical (unpaired) electrons. The van der Waals surface area contributed by atoms with Crippen LogP contribution in [0.25, 0.3) is 0 Å². The van der Waals surface area contributed by atoms with E-state index in [9.17, 15) is 4.79 Å². The predicted molar refractivity (Wildman–Crippen MR) is 88.9 cm³/mol. The number of cyclic esters (lactones) is 1. The maximum atomic E-state index is 11.7. The van der Waals surface area contributed by atoms with Crippen LogP contribution in [0.2, 0.25) is 0 Å². The van der Waals surface area contributed by atoms with Gasteiger partial charge in [-0.15, -0.1) is 10.2 Å². The lowest BCUT2D eigenvalue weighted by Crippen LogP contribution is -2.08. The minimum Gasteiger partial charge on any atom is -0.462 e. The van der Waals surface area contributed by atoms with Crippen molar-refractivity contribution in [1.82, 2.24) is 10.2 Å². The van der Waals surface area contributed by atoms with Crippen LogP contribution in [-0.4, -0.2) is 27.5 Å². The summed E-state index contributed by atoms with van der Waals surface area (Å²) in [5, 5.41) is 12.1. The Bertz CT molecular complexity index is 702. The van der Waals surface area contributed by atoms with Crippen molar-refractivity contribution in [1.29, 1.82) is 0 Å². The van der Waals surface area contributed by atoms with Crippen LogP contribution in [0.1, 0.15) is 24.5 Å². The summed E-state index contributed by atoms with van der Waals surface area (Å²) in [5.74, 6) is -0.156. The van der Waals surface area contributed by atoms with E-state index in [0.29, 0.717) is 0 Å². The number of esters is 1. The standard InChI is InChI=1S/C15H17N3O2S2/c1-8-4-5-11(9(2)6-8)16-14-17-18-15(22-14)21-12-7-10(3)20-13(12)19/h4-6,10,12H,7H2,1-3H3,(H,16,17)/t10-,12+/m0/s1. The number of benzene rings is 1. The number of hydrogen-bond donors (Lipinski definition) is 1. The van der Waals surface area contributed by atoms with Crippen LogP contribution in [0, 0.1) is 13.8 Å². The van der Waals surface area contributed by atoms with Gasteiger partial charge in [-0.1, -0.05) is 40.8 Å². The highest BCUT2D eigenvalue weighted by atomic mass is 32.2. The topological polar surface area (TPSA) is 64.1 Å². The number of nitrogens with zero attached hydrogens (tertiary/aromatic N) is 2. The Labute approximate surface area is 137 Å². The van der Waals surface area contributed by atoms with Crippen molar-refractivity contribution in [3.8, 4) is 0 Å². The molecule has 1 saturated heterocycles. The highest BCUT2D eigenvalue weighted by Crippen LogP contribution is 2.35. The third-order valence-corrected chi connectivity index (χ3v) is 5.52. The molecule has 0 spiro atoms. The highest BCUT2D eigenvalue weighted by molar-refractivity contribution is 8.02. The molecule has 3 rings (SSSR count). The highest BCUT2D eigenvalue weighted by Gasteiger charge is 2.33.